The minimum Gasteiger partial charge on any atom is -0.326 e. The van der Waals surface area contributed by atoms with Crippen LogP contribution in [0.2, 0.25) is 10.0 Å². The van der Waals surface area contributed by atoms with Crippen molar-refractivity contribution in [2.75, 3.05) is 0 Å². The highest BCUT2D eigenvalue weighted by molar-refractivity contribution is 7.11. The number of benzene rings is 1. The van der Waals surface area contributed by atoms with Gasteiger partial charge in [0.05, 0.1) is 10.7 Å². The number of aromatic nitrogens is 1. The molecule has 0 unspecified atom stereocenters. The third kappa shape index (κ3) is 3.29. The Labute approximate surface area is 127 Å². The number of hydrogen-bond donors (Lipinski definition) is 1. The molecular formula is C14H16Cl2N2S. The fourth-order valence-corrected chi connectivity index (χ4v) is 3.58. The molecule has 1 aromatic heterocycles. The summed E-state index contributed by atoms with van der Waals surface area (Å²) in [5, 5.41) is 2.38. The van der Waals surface area contributed by atoms with Crippen LogP contribution in [-0.4, -0.2) is 4.98 Å². The van der Waals surface area contributed by atoms with E-state index in [4.69, 9.17) is 28.9 Å². The zero-order chi connectivity index (χ0) is 14.0. The molecule has 2 aromatic rings. The summed E-state index contributed by atoms with van der Waals surface area (Å²) < 4.78 is 0. The van der Waals surface area contributed by atoms with E-state index in [0.717, 1.165) is 21.1 Å². The SMILES string of the molecule is CC(C)c1nc(Cc2c(Cl)cccc2Cl)sc1CN. The molecule has 1 aromatic carbocycles. The Hall–Kier alpha value is -0.610. The maximum Gasteiger partial charge on any atom is 0.0976 e. The second-order valence-corrected chi connectivity index (χ2v) is 6.63. The third-order valence-electron chi connectivity index (χ3n) is 2.89. The van der Waals surface area contributed by atoms with E-state index in [2.05, 4.69) is 18.8 Å². The lowest BCUT2D eigenvalue weighted by Crippen LogP contribution is -1.99. The third-order valence-corrected chi connectivity index (χ3v) is 4.70. The molecule has 0 amide bonds. The zero-order valence-corrected chi connectivity index (χ0v) is 13.2. The summed E-state index contributed by atoms with van der Waals surface area (Å²) in [6, 6.07) is 5.55. The highest BCUT2D eigenvalue weighted by Crippen LogP contribution is 2.31. The number of nitrogens with zero attached hydrogens (tertiary/aromatic N) is 1. The van der Waals surface area contributed by atoms with Crippen LogP contribution in [0.4, 0.5) is 0 Å². The van der Waals surface area contributed by atoms with Crippen molar-refractivity contribution in [2.24, 2.45) is 5.73 Å². The first-order valence-corrected chi connectivity index (χ1v) is 7.71. The van der Waals surface area contributed by atoms with E-state index >= 15 is 0 Å². The van der Waals surface area contributed by atoms with E-state index in [0.29, 0.717) is 28.9 Å². The first kappa shape index (κ1) is 14.8. The molecule has 102 valence electrons. The highest BCUT2D eigenvalue weighted by atomic mass is 35.5. The van der Waals surface area contributed by atoms with Crippen molar-refractivity contribution in [3.63, 3.8) is 0 Å². The van der Waals surface area contributed by atoms with Crippen molar-refractivity contribution < 1.29 is 0 Å². The van der Waals surface area contributed by atoms with E-state index in [-0.39, 0.29) is 0 Å². The average Bonchev–Trinajstić information content (AvgIpc) is 2.77. The molecule has 0 fully saturated rings. The Kier molecular flexibility index (Phi) is 4.85. The summed E-state index contributed by atoms with van der Waals surface area (Å²) in [6.45, 7) is 4.78. The molecular weight excluding hydrogens is 299 g/mol. The zero-order valence-electron chi connectivity index (χ0n) is 10.9. The number of halogens is 2. The van der Waals surface area contributed by atoms with Gasteiger partial charge in [0.1, 0.15) is 0 Å². The molecule has 0 saturated carbocycles. The van der Waals surface area contributed by atoms with Crippen molar-refractivity contribution in [1.82, 2.24) is 4.98 Å². The van der Waals surface area contributed by atoms with Gasteiger partial charge in [0.2, 0.25) is 0 Å². The van der Waals surface area contributed by atoms with Crippen LogP contribution in [0.15, 0.2) is 18.2 Å². The molecule has 0 aliphatic rings. The van der Waals surface area contributed by atoms with E-state index in [1.807, 2.05) is 18.2 Å². The fourth-order valence-electron chi connectivity index (χ4n) is 1.94. The van der Waals surface area contributed by atoms with Crippen molar-refractivity contribution >= 4 is 34.5 Å². The standard InChI is InChI=1S/C14H16Cl2N2S/c1-8(2)14-12(7-17)19-13(18-14)6-9-10(15)4-3-5-11(9)16/h3-5,8H,6-7,17H2,1-2H3. The van der Waals surface area contributed by atoms with Crippen LogP contribution in [0.1, 0.15) is 40.9 Å². The second kappa shape index (κ2) is 6.23. The van der Waals surface area contributed by atoms with Gasteiger partial charge in [-0.3, -0.25) is 0 Å². The molecule has 0 atom stereocenters. The lowest BCUT2D eigenvalue weighted by atomic mass is 10.1. The molecule has 0 radical (unpaired) electrons. The Morgan fingerprint density at radius 2 is 1.89 bits per heavy atom. The van der Waals surface area contributed by atoms with Crippen molar-refractivity contribution in [3.05, 3.63) is 49.4 Å². The second-order valence-electron chi connectivity index (χ2n) is 4.65. The van der Waals surface area contributed by atoms with E-state index in [9.17, 15) is 0 Å². The molecule has 2 N–H and O–H groups in total. The maximum atomic E-state index is 6.19. The predicted octanol–water partition coefficient (Wildman–Crippen LogP) is 4.62. The van der Waals surface area contributed by atoms with Crippen LogP contribution in [0.25, 0.3) is 0 Å². The van der Waals surface area contributed by atoms with Crippen LogP contribution in [0.3, 0.4) is 0 Å². The van der Waals surface area contributed by atoms with Crippen molar-refractivity contribution in [1.29, 1.82) is 0 Å². The summed E-state index contributed by atoms with van der Waals surface area (Å²) >= 11 is 14.0. The molecule has 0 spiro atoms. The van der Waals surface area contributed by atoms with Crippen LogP contribution >= 0.6 is 34.5 Å². The molecule has 0 bridgehead atoms. The van der Waals surface area contributed by atoms with Gasteiger partial charge in [-0.1, -0.05) is 43.1 Å². The van der Waals surface area contributed by atoms with Crippen LogP contribution in [-0.2, 0) is 13.0 Å². The van der Waals surface area contributed by atoms with Gasteiger partial charge in [-0.15, -0.1) is 11.3 Å². The van der Waals surface area contributed by atoms with Gasteiger partial charge < -0.3 is 5.73 Å². The Morgan fingerprint density at radius 3 is 2.37 bits per heavy atom. The monoisotopic (exact) mass is 314 g/mol. The minimum atomic E-state index is 0.380. The molecule has 2 nitrogen and oxygen atoms in total. The van der Waals surface area contributed by atoms with Gasteiger partial charge in [-0.25, -0.2) is 4.98 Å². The summed E-state index contributed by atoms with van der Waals surface area (Å²) in [5.41, 5.74) is 7.79. The van der Waals surface area contributed by atoms with Gasteiger partial charge >= 0.3 is 0 Å². The van der Waals surface area contributed by atoms with Gasteiger partial charge in [0, 0.05) is 27.9 Å². The van der Waals surface area contributed by atoms with Gasteiger partial charge in [-0.2, -0.15) is 0 Å². The van der Waals surface area contributed by atoms with Gasteiger partial charge in [-0.05, 0) is 23.6 Å². The molecule has 0 saturated heterocycles. The lowest BCUT2D eigenvalue weighted by molar-refractivity contribution is 0.806. The Balaban J connectivity index is 2.34. The number of thiazole rings is 1. The fraction of sp³-hybridized carbons (Fsp3) is 0.357. The van der Waals surface area contributed by atoms with Gasteiger partial charge in [0.15, 0.2) is 0 Å². The first-order chi connectivity index (χ1) is 9.02. The molecule has 19 heavy (non-hydrogen) atoms. The molecule has 5 heteroatoms. The van der Waals surface area contributed by atoms with Gasteiger partial charge in [0.25, 0.3) is 0 Å². The number of nitrogens with two attached hydrogens (primary N) is 1. The highest BCUT2D eigenvalue weighted by Gasteiger charge is 2.15. The Morgan fingerprint density at radius 1 is 1.26 bits per heavy atom. The molecule has 0 aliphatic carbocycles. The van der Waals surface area contributed by atoms with E-state index in [1.165, 1.54) is 0 Å². The predicted molar refractivity (Wildman–Crippen MR) is 83.4 cm³/mol. The first-order valence-electron chi connectivity index (χ1n) is 6.14. The van der Waals surface area contributed by atoms with Crippen LogP contribution in [0.5, 0.6) is 0 Å². The lowest BCUT2D eigenvalue weighted by Gasteiger charge is -2.04. The number of rotatable bonds is 4. The van der Waals surface area contributed by atoms with E-state index < -0.39 is 0 Å². The average molecular weight is 315 g/mol. The summed E-state index contributed by atoms with van der Waals surface area (Å²) in [6.07, 6.45) is 0.656. The normalized spacial score (nSPS) is 11.3. The van der Waals surface area contributed by atoms with Crippen molar-refractivity contribution in [2.45, 2.75) is 32.7 Å². The minimum absolute atomic E-state index is 0.380. The molecule has 2 rings (SSSR count). The summed E-state index contributed by atoms with van der Waals surface area (Å²) in [7, 11) is 0. The largest absolute Gasteiger partial charge is 0.326 e. The molecule has 1 heterocycles. The summed E-state index contributed by atoms with van der Waals surface area (Å²) in [5.74, 6) is 0.380. The van der Waals surface area contributed by atoms with Crippen LogP contribution in [0, 0.1) is 0 Å². The van der Waals surface area contributed by atoms with Crippen LogP contribution < -0.4 is 5.73 Å². The Bertz CT molecular complexity index is 559. The smallest absolute Gasteiger partial charge is 0.0976 e. The topological polar surface area (TPSA) is 38.9 Å². The molecule has 0 aliphatic heterocycles. The quantitative estimate of drug-likeness (QED) is 0.894. The van der Waals surface area contributed by atoms with E-state index in [1.54, 1.807) is 11.3 Å². The summed E-state index contributed by atoms with van der Waals surface area (Å²) in [4.78, 5) is 5.83. The van der Waals surface area contributed by atoms with Crippen molar-refractivity contribution in [3.8, 4) is 0 Å². The number of hydrogen-bond acceptors (Lipinski definition) is 3. The maximum absolute atomic E-state index is 6.19.